The number of unbranched alkanes of at least 4 members (excludes halogenated alkanes) is 4. The lowest BCUT2D eigenvalue weighted by atomic mass is 10.1. The zero-order valence-electron chi connectivity index (χ0n) is 20.2. The molecule has 178 valence electrons. The molecule has 0 spiro atoms. The van der Waals surface area contributed by atoms with Crippen LogP contribution in [-0.4, -0.2) is 38.6 Å². The van der Waals surface area contributed by atoms with E-state index in [0.29, 0.717) is 5.17 Å². The highest BCUT2D eigenvalue weighted by molar-refractivity contribution is 8.26. The maximum absolute atomic E-state index is 12.8. The fourth-order valence-electron chi connectivity index (χ4n) is 4.25. The second kappa shape index (κ2) is 10.4. The summed E-state index contributed by atoms with van der Waals surface area (Å²) >= 11 is 1.41. The van der Waals surface area contributed by atoms with Crippen LogP contribution in [0.4, 0.5) is 0 Å². The van der Waals surface area contributed by atoms with Crippen molar-refractivity contribution in [1.82, 2.24) is 9.58 Å². The number of hydrogen-bond donors (Lipinski definition) is 1. The normalized spacial score (nSPS) is 16.7. The first-order valence-electron chi connectivity index (χ1n) is 11.8. The minimum Gasteiger partial charge on any atom is -0.497 e. The summed E-state index contributed by atoms with van der Waals surface area (Å²) in [5.41, 5.74) is 4.10. The Morgan fingerprint density at radius 3 is 2.71 bits per heavy atom. The van der Waals surface area contributed by atoms with Crippen LogP contribution in [0.15, 0.2) is 46.0 Å². The second-order valence-electron chi connectivity index (χ2n) is 8.54. The van der Waals surface area contributed by atoms with Crippen LogP contribution >= 0.6 is 11.8 Å². The third kappa shape index (κ3) is 4.87. The molecule has 3 heterocycles. The van der Waals surface area contributed by atoms with Crippen LogP contribution in [0.5, 0.6) is 5.75 Å². The highest BCUT2D eigenvalue weighted by Crippen LogP contribution is 2.31. The van der Waals surface area contributed by atoms with Gasteiger partial charge in [0.2, 0.25) is 5.17 Å². The van der Waals surface area contributed by atoms with Crippen molar-refractivity contribution in [3.05, 3.63) is 52.9 Å². The van der Waals surface area contributed by atoms with Crippen LogP contribution in [-0.2, 0) is 4.79 Å². The zero-order chi connectivity index (χ0) is 24.2. The fraction of sp³-hybridized carbons (Fsp3) is 0.385. The number of benzene rings is 1. The SMILES string of the molecule is CCCCCCCC1=NN2C(=N)/C(=C\c3cc(C)n(-c4cccc(OC)c4)c3C)C(=O)N=C2S1. The van der Waals surface area contributed by atoms with Gasteiger partial charge in [0.1, 0.15) is 10.8 Å². The molecule has 0 fully saturated rings. The lowest BCUT2D eigenvalue weighted by Crippen LogP contribution is -2.35. The molecule has 2 aromatic rings. The average Bonchev–Trinajstić information content (AvgIpc) is 3.36. The van der Waals surface area contributed by atoms with Gasteiger partial charge in [0, 0.05) is 23.1 Å². The molecule has 0 aliphatic carbocycles. The summed E-state index contributed by atoms with van der Waals surface area (Å²) in [6.45, 7) is 6.23. The largest absolute Gasteiger partial charge is 0.497 e. The minimum absolute atomic E-state index is 0.0784. The van der Waals surface area contributed by atoms with Crippen molar-refractivity contribution in [2.24, 2.45) is 10.1 Å². The molecule has 8 heteroatoms. The van der Waals surface area contributed by atoms with E-state index in [4.69, 9.17) is 10.1 Å². The molecule has 0 bridgehead atoms. The van der Waals surface area contributed by atoms with Crippen molar-refractivity contribution < 1.29 is 9.53 Å². The number of amidine groups is 2. The Hall–Kier alpha value is -3.13. The summed E-state index contributed by atoms with van der Waals surface area (Å²) < 4.78 is 7.48. The van der Waals surface area contributed by atoms with E-state index in [1.54, 1.807) is 13.2 Å². The van der Waals surface area contributed by atoms with Crippen LogP contribution in [0.3, 0.4) is 0 Å². The molecule has 4 rings (SSSR count). The predicted octanol–water partition coefficient (Wildman–Crippen LogP) is 6.08. The Morgan fingerprint density at radius 1 is 1.15 bits per heavy atom. The highest BCUT2D eigenvalue weighted by atomic mass is 32.2. The molecule has 2 aliphatic rings. The number of aromatic nitrogens is 1. The Morgan fingerprint density at radius 2 is 1.94 bits per heavy atom. The van der Waals surface area contributed by atoms with Gasteiger partial charge in [-0.25, -0.2) is 0 Å². The lowest BCUT2D eigenvalue weighted by Gasteiger charge is -2.20. The number of hydrazone groups is 1. The number of thioether (sulfide) groups is 1. The van der Waals surface area contributed by atoms with E-state index in [0.717, 1.165) is 46.3 Å². The molecular formula is C26H31N5O2S. The van der Waals surface area contributed by atoms with Gasteiger partial charge in [-0.15, -0.1) is 0 Å². The number of hydrogen-bond acceptors (Lipinski definition) is 5. The summed E-state index contributed by atoms with van der Waals surface area (Å²) in [7, 11) is 1.65. The lowest BCUT2D eigenvalue weighted by molar-refractivity contribution is -0.114. The zero-order valence-corrected chi connectivity index (χ0v) is 21.0. The van der Waals surface area contributed by atoms with Crippen LogP contribution in [0.25, 0.3) is 11.8 Å². The molecule has 0 radical (unpaired) electrons. The third-order valence-corrected chi connectivity index (χ3v) is 7.04. The standard InChI is InChI=1S/C26H31N5O2S/c1-5-6-7-8-9-13-23-29-31-24(27)22(25(32)28-26(31)34-23)15-19-14-17(2)30(18(19)3)20-11-10-12-21(16-20)33-4/h10-12,14-16,27H,5-9,13H2,1-4H3/b22-15+,27-24?. The summed E-state index contributed by atoms with van der Waals surface area (Å²) in [6, 6.07) is 9.87. The molecule has 1 N–H and O–H groups in total. The van der Waals surface area contributed by atoms with Gasteiger partial charge in [-0.05, 0) is 68.3 Å². The van der Waals surface area contributed by atoms with E-state index >= 15 is 0 Å². The number of carbonyl (C=O) groups is 1. The van der Waals surface area contributed by atoms with Crippen molar-refractivity contribution in [1.29, 1.82) is 5.41 Å². The first-order valence-corrected chi connectivity index (χ1v) is 12.6. The fourth-order valence-corrected chi connectivity index (χ4v) is 5.18. The quantitative estimate of drug-likeness (QED) is 0.350. The van der Waals surface area contributed by atoms with Crippen LogP contribution in [0.1, 0.15) is 62.4 Å². The van der Waals surface area contributed by atoms with E-state index in [9.17, 15) is 4.79 Å². The highest BCUT2D eigenvalue weighted by Gasteiger charge is 2.35. The molecule has 1 amide bonds. The van der Waals surface area contributed by atoms with Crippen molar-refractivity contribution >= 4 is 39.8 Å². The number of nitrogens with one attached hydrogen (secondary N) is 1. The van der Waals surface area contributed by atoms with Gasteiger partial charge in [-0.3, -0.25) is 10.2 Å². The Labute approximate surface area is 205 Å². The number of aryl methyl sites for hydroxylation is 1. The van der Waals surface area contributed by atoms with Crippen molar-refractivity contribution in [2.45, 2.75) is 59.3 Å². The smallest absolute Gasteiger partial charge is 0.283 e. The first-order chi connectivity index (χ1) is 16.4. The van der Waals surface area contributed by atoms with E-state index in [1.165, 1.54) is 42.5 Å². The molecule has 0 saturated heterocycles. The molecule has 1 aromatic carbocycles. The van der Waals surface area contributed by atoms with Gasteiger partial charge in [0.15, 0.2) is 5.84 Å². The number of amides is 1. The Bertz CT molecular complexity index is 1210. The van der Waals surface area contributed by atoms with Gasteiger partial charge in [-0.1, -0.05) is 38.7 Å². The van der Waals surface area contributed by atoms with Crippen molar-refractivity contribution in [3.8, 4) is 11.4 Å². The van der Waals surface area contributed by atoms with Gasteiger partial charge in [0.25, 0.3) is 5.91 Å². The maximum atomic E-state index is 12.8. The molecule has 7 nitrogen and oxygen atoms in total. The number of aliphatic imine (C=N–C) groups is 1. The van der Waals surface area contributed by atoms with Gasteiger partial charge in [0.05, 0.1) is 12.7 Å². The van der Waals surface area contributed by atoms with E-state index in [-0.39, 0.29) is 11.4 Å². The molecular weight excluding hydrogens is 446 g/mol. The maximum Gasteiger partial charge on any atom is 0.283 e. The number of carbonyl (C=O) groups excluding carboxylic acids is 1. The summed E-state index contributed by atoms with van der Waals surface area (Å²) in [4.78, 5) is 17.1. The monoisotopic (exact) mass is 477 g/mol. The van der Waals surface area contributed by atoms with Crippen LogP contribution in [0, 0.1) is 19.3 Å². The number of nitrogens with zero attached hydrogens (tertiary/aromatic N) is 4. The molecule has 2 aliphatic heterocycles. The van der Waals surface area contributed by atoms with Crippen LogP contribution in [0.2, 0.25) is 0 Å². The van der Waals surface area contributed by atoms with Gasteiger partial charge < -0.3 is 9.30 Å². The number of rotatable bonds is 9. The van der Waals surface area contributed by atoms with Crippen molar-refractivity contribution in [2.75, 3.05) is 7.11 Å². The minimum atomic E-state index is -0.394. The van der Waals surface area contributed by atoms with Gasteiger partial charge in [-0.2, -0.15) is 15.1 Å². The Balaban J connectivity index is 1.57. The van der Waals surface area contributed by atoms with Crippen LogP contribution < -0.4 is 4.74 Å². The average molecular weight is 478 g/mol. The number of ether oxygens (including phenoxy) is 1. The molecule has 0 unspecified atom stereocenters. The molecule has 34 heavy (non-hydrogen) atoms. The van der Waals surface area contributed by atoms with Gasteiger partial charge >= 0.3 is 0 Å². The topological polar surface area (TPSA) is 83.0 Å². The predicted molar refractivity (Wildman–Crippen MR) is 140 cm³/mol. The van der Waals surface area contributed by atoms with E-state index < -0.39 is 5.91 Å². The summed E-state index contributed by atoms with van der Waals surface area (Å²) in [6.07, 6.45) is 8.55. The van der Waals surface area contributed by atoms with E-state index in [1.807, 2.05) is 44.2 Å². The van der Waals surface area contributed by atoms with E-state index in [2.05, 4.69) is 21.6 Å². The number of methoxy groups -OCH3 is 1. The first kappa shape index (κ1) is 24.0. The molecule has 0 saturated carbocycles. The molecule has 1 aromatic heterocycles. The summed E-state index contributed by atoms with van der Waals surface area (Å²) in [5.74, 6) is 0.463. The second-order valence-corrected chi connectivity index (χ2v) is 9.58. The summed E-state index contributed by atoms with van der Waals surface area (Å²) in [5, 5.41) is 16.2. The third-order valence-electron chi connectivity index (χ3n) is 6.07. The van der Waals surface area contributed by atoms with Crippen molar-refractivity contribution in [3.63, 3.8) is 0 Å². The molecule has 0 atom stereocenters. The Kier molecular flexibility index (Phi) is 7.36. The number of fused-ring (bicyclic) bond motifs is 1.